The van der Waals surface area contributed by atoms with Crippen molar-refractivity contribution in [1.29, 1.82) is 0 Å². The first kappa shape index (κ1) is 16.2. The fraction of sp³-hybridized carbons (Fsp3) is 0.250. The van der Waals surface area contributed by atoms with E-state index in [0.29, 0.717) is 11.6 Å². The van der Waals surface area contributed by atoms with E-state index in [4.69, 9.17) is 11.6 Å². The summed E-state index contributed by atoms with van der Waals surface area (Å²) in [5.74, 6) is -0.217. The fourth-order valence-electron chi connectivity index (χ4n) is 2.28. The molecule has 0 bridgehead atoms. The minimum absolute atomic E-state index is 0.159. The van der Waals surface area contributed by atoms with Gasteiger partial charge in [-0.1, -0.05) is 35.9 Å². The molecule has 0 fully saturated rings. The number of nitrogens with one attached hydrogen (secondary N) is 1. The van der Waals surface area contributed by atoms with Crippen molar-refractivity contribution < 1.29 is 4.79 Å². The van der Waals surface area contributed by atoms with Crippen molar-refractivity contribution in [3.05, 3.63) is 58.1 Å². The zero-order valence-electron chi connectivity index (χ0n) is 13.6. The van der Waals surface area contributed by atoms with E-state index in [1.165, 1.54) is 5.56 Å². The number of aryl methyl sites for hydroxylation is 2. The van der Waals surface area contributed by atoms with Gasteiger partial charge in [-0.15, -0.1) is 5.10 Å². The molecule has 1 aromatic carbocycles. The standard InChI is InChI=1S/C16H17ClN6O/c1-10-6-4-5-7-12(10)8-23-9-18-16(21-23)19-15(24)14-13(17)11(2)22(3)20-14/h4-7,9H,8H2,1-3H3,(H,19,21,24). The normalized spacial score (nSPS) is 10.8. The Hall–Kier alpha value is -2.67. The number of rotatable bonds is 4. The highest BCUT2D eigenvalue weighted by molar-refractivity contribution is 6.34. The van der Waals surface area contributed by atoms with Crippen LogP contribution in [0.25, 0.3) is 0 Å². The number of hydrogen-bond acceptors (Lipinski definition) is 4. The van der Waals surface area contributed by atoms with Crippen LogP contribution in [0.1, 0.15) is 27.3 Å². The van der Waals surface area contributed by atoms with E-state index in [1.54, 1.807) is 29.7 Å². The molecule has 3 aromatic rings. The maximum absolute atomic E-state index is 12.3. The summed E-state index contributed by atoms with van der Waals surface area (Å²) in [6.07, 6.45) is 1.58. The van der Waals surface area contributed by atoms with Crippen molar-refractivity contribution in [3.8, 4) is 0 Å². The number of anilines is 1. The Bertz CT molecular complexity index is 898. The number of carbonyl (C=O) groups is 1. The predicted octanol–water partition coefficient (Wildman–Crippen LogP) is 2.58. The van der Waals surface area contributed by atoms with Crippen LogP contribution in [0, 0.1) is 13.8 Å². The molecular formula is C16H17ClN6O. The average Bonchev–Trinajstić information content (AvgIpc) is 3.09. The van der Waals surface area contributed by atoms with Crippen molar-refractivity contribution in [2.24, 2.45) is 7.05 Å². The fourth-order valence-corrected chi connectivity index (χ4v) is 2.52. The van der Waals surface area contributed by atoms with Gasteiger partial charge in [0.25, 0.3) is 5.91 Å². The molecule has 24 heavy (non-hydrogen) atoms. The largest absolute Gasteiger partial charge is 0.288 e. The number of halogens is 1. The molecule has 0 aliphatic heterocycles. The van der Waals surface area contributed by atoms with Crippen LogP contribution in [0.15, 0.2) is 30.6 Å². The Balaban J connectivity index is 1.73. The minimum Gasteiger partial charge on any atom is -0.288 e. The second-order valence-corrected chi connectivity index (χ2v) is 5.90. The van der Waals surface area contributed by atoms with Gasteiger partial charge < -0.3 is 0 Å². The number of benzene rings is 1. The summed E-state index contributed by atoms with van der Waals surface area (Å²) in [5.41, 5.74) is 3.20. The third-order valence-electron chi connectivity index (χ3n) is 3.83. The molecule has 7 nitrogen and oxygen atoms in total. The second-order valence-electron chi connectivity index (χ2n) is 5.52. The van der Waals surface area contributed by atoms with Crippen molar-refractivity contribution in [2.45, 2.75) is 20.4 Å². The van der Waals surface area contributed by atoms with E-state index in [0.717, 1.165) is 11.3 Å². The monoisotopic (exact) mass is 344 g/mol. The maximum Gasteiger partial charge on any atom is 0.280 e. The van der Waals surface area contributed by atoms with E-state index in [2.05, 4.69) is 20.5 Å². The van der Waals surface area contributed by atoms with Crippen molar-refractivity contribution >= 4 is 23.5 Å². The van der Waals surface area contributed by atoms with Crippen LogP contribution in [-0.2, 0) is 13.6 Å². The molecule has 0 spiro atoms. The zero-order valence-corrected chi connectivity index (χ0v) is 14.4. The summed E-state index contributed by atoms with van der Waals surface area (Å²) in [6.45, 7) is 4.42. The van der Waals surface area contributed by atoms with E-state index >= 15 is 0 Å². The summed E-state index contributed by atoms with van der Waals surface area (Å²) >= 11 is 6.11. The summed E-state index contributed by atoms with van der Waals surface area (Å²) in [5, 5.41) is 11.3. The lowest BCUT2D eigenvalue weighted by molar-refractivity contribution is 0.102. The Labute approximate surface area is 144 Å². The topological polar surface area (TPSA) is 77.6 Å². The SMILES string of the molecule is Cc1ccccc1Cn1cnc(NC(=O)c2nn(C)c(C)c2Cl)n1. The molecule has 2 heterocycles. The van der Waals surface area contributed by atoms with Crippen LogP contribution < -0.4 is 5.32 Å². The average molecular weight is 345 g/mol. The predicted molar refractivity (Wildman–Crippen MR) is 91.2 cm³/mol. The van der Waals surface area contributed by atoms with Gasteiger partial charge in [-0.05, 0) is 25.0 Å². The lowest BCUT2D eigenvalue weighted by Crippen LogP contribution is -2.15. The number of hydrogen-bond donors (Lipinski definition) is 1. The lowest BCUT2D eigenvalue weighted by atomic mass is 10.1. The molecule has 2 aromatic heterocycles. The third kappa shape index (κ3) is 3.16. The molecular weight excluding hydrogens is 328 g/mol. The molecule has 0 radical (unpaired) electrons. The number of amides is 1. The zero-order chi connectivity index (χ0) is 17.3. The highest BCUT2D eigenvalue weighted by Crippen LogP contribution is 2.19. The van der Waals surface area contributed by atoms with Gasteiger partial charge >= 0.3 is 0 Å². The molecule has 0 aliphatic carbocycles. The van der Waals surface area contributed by atoms with Gasteiger partial charge in [0.05, 0.1) is 17.3 Å². The minimum atomic E-state index is -0.433. The third-order valence-corrected chi connectivity index (χ3v) is 4.28. The van der Waals surface area contributed by atoms with Gasteiger partial charge in [-0.2, -0.15) is 5.10 Å². The maximum atomic E-state index is 12.3. The Morgan fingerprint density at radius 3 is 2.67 bits per heavy atom. The first-order valence-electron chi connectivity index (χ1n) is 7.40. The molecule has 1 amide bonds. The number of carbonyl (C=O) groups excluding carboxylic acids is 1. The molecule has 0 saturated heterocycles. The van der Waals surface area contributed by atoms with Crippen molar-refractivity contribution in [2.75, 3.05) is 5.32 Å². The van der Waals surface area contributed by atoms with Crippen molar-refractivity contribution in [3.63, 3.8) is 0 Å². The van der Waals surface area contributed by atoms with Crippen molar-refractivity contribution in [1.82, 2.24) is 24.5 Å². The van der Waals surface area contributed by atoms with Crippen LogP contribution in [0.4, 0.5) is 5.95 Å². The second kappa shape index (κ2) is 6.45. The summed E-state index contributed by atoms with van der Waals surface area (Å²) < 4.78 is 3.23. The van der Waals surface area contributed by atoms with Gasteiger partial charge in [0, 0.05) is 7.05 Å². The van der Waals surface area contributed by atoms with Gasteiger partial charge in [0.15, 0.2) is 5.69 Å². The first-order chi connectivity index (χ1) is 11.5. The Morgan fingerprint density at radius 1 is 1.25 bits per heavy atom. The van der Waals surface area contributed by atoms with E-state index in [9.17, 15) is 4.79 Å². The Morgan fingerprint density at radius 2 is 2.00 bits per heavy atom. The summed E-state index contributed by atoms with van der Waals surface area (Å²) in [4.78, 5) is 16.4. The molecule has 0 saturated carbocycles. The lowest BCUT2D eigenvalue weighted by Gasteiger charge is -2.04. The molecule has 124 valence electrons. The van der Waals surface area contributed by atoms with E-state index in [-0.39, 0.29) is 11.6 Å². The number of aromatic nitrogens is 5. The van der Waals surface area contributed by atoms with Gasteiger partial charge in [0.1, 0.15) is 6.33 Å². The first-order valence-corrected chi connectivity index (χ1v) is 7.78. The van der Waals surface area contributed by atoms with Crippen LogP contribution in [0.3, 0.4) is 0 Å². The quantitative estimate of drug-likeness (QED) is 0.789. The highest BCUT2D eigenvalue weighted by Gasteiger charge is 2.19. The van der Waals surface area contributed by atoms with E-state index < -0.39 is 5.91 Å². The van der Waals surface area contributed by atoms with Crippen LogP contribution in [0.5, 0.6) is 0 Å². The van der Waals surface area contributed by atoms with Crippen LogP contribution in [-0.4, -0.2) is 30.5 Å². The highest BCUT2D eigenvalue weighted by atomic mass is 35.5. The Kier molecular flexibility index (Phi) is 4.35. The molecule has 8 heteroatoms. The van der Waals surface area contributed by atoms with Crippen LogP contribution in [0.2, 0.25) is 5.02 Å². The smallest absolute Gasteiger partial charge is 0.280 e. The molecule has 3 rings (SSSR count). The summed E-state index contributed by atoms with van der Waals surface area (Å²) in [6, 6.07) is 8.05. The molecule has 0 unspecified atom stereocenters. The van der Waals surface area contributed by atoms with Gasteiger partial charge in [-0.25, -0.2) is 9.67 Å². The van der Waals surface area contributed by atoms with E-state index in [1.807, 2.05) is 31.2 Å². The van der Waals surface area contributed by atoms with Gasteiger partial charge in [0.2, 0.25) is 5.95 Å². The summed E-state index contributed by atoms with van der Waals surface area (Å²) in [7, 11) is 1.73. The number of nitrogens with zero attached hydrogens (tertiary/aromatic N) is 5. The molecule has 0 aliphatic rings. The molecule has 0 atom stereocenters. The van der Waals surface area contributed by atoms with Crippen LogP contribution >= 0.6 is 11.6 Å². The van der Waals surface area contributed by atoms with Gasteiger partial charge in [-0.3, -0.25) is 14.8 Å². The molecule has 1 N–H and O–H groups in total.